The normalized spacial score (nSPS) is 24.5. The lowest BCUT2D eigenvalue weighted by molar-refractivity contribution is -0.0521. The van der Waals surface area contributed by atoms with Crippen molar-refractivity contribution in [2.45, 2.75) is 82.2 Å². The zero-order valence-corrected chi connectivity index (χ0v) is 32.0. The van der Waals surface area contributed by atoms with E-state index < -0.39 is 7.92 Å². The number of benzene rings is 3. The molecule has 3 aromatic carbocycles. The van der Waals surface area contributed by atoms with Crippen molar-refractivity contribution in [3.63, 3.8) is 0 Å². The Bertz CT molecular complexity index is 1880. The minimum absolute atomic E-state index is 0.166. The van der Waals surface area contributed by atoms with Crippen LogP contribution in [0.5, 0.6) is 0 Å². The third-order valence-corrected chi connectivity index (χ3v) is 15.4. The Kier molecular flexibility index (Phi) is 9.02. The number of hydrogen-bond acceptors (Lipinski definition) is 4. The molecule has 4 atom stereocenters. The molecule has 0 amide bonds. The summed E-state index contributed by atoms with van der Waals surface area (Å²) in [5.41, 5.74) is 10.0. The Labute approximate surface area is 302 Å². The molecule has 5 aromatic rings. The van der Waals surface area contributed by atoms with Crippen LogP contribution in [0.4, 0.5) is 0 Å². The van der Waals surface area contributed by atoms with Gasteiger partial charge in [-0.3, -0.25) is 0 Å². The monoisotopic (exact) mass is 696 g/mol. The largest absolute Gasteiger partial charge is 0.237 e. The summed E-state index contributed by atoms with van der Waals surface area (Å²) in [5, 5.41) is 0. The van der Waals surface area contributed by atoms with E-state index in [4.69, 9.17) is 19.9 Å². The molecule has 2 heterocycles. The van der Waals surface area contributed by atoms with Gasteiger partial charge in [-0.25, -0.2) is 19.9 Å². The number of hydrogen-bond donors (Lipinski definition) is 0. The van der Waals surface area contributed by atoms with Crippen molar-refractivity contribution >= 4 is 28.3 Å². The fourth-order valence-electron chi connectivity index (χ4n) is 10.5. The van der Waals surface area contributed by atoms with Crippen LogP contribution in [-0.2, 0) is 22.4 Å². The number of rotatable bonds is 10. The zero-order valence-electron chi connectivity index (χ0n) is 30.0. The maximum Gasteiger partial charge on any atom is 0.158 e. The first-order valence-corrected chi connectivity index (χ1v) is 20.9. The van der Waals surface area contributed by atoms with E-state index in [0.29, 0.717) is 5.92 Å². The highest BCUT2D eigenvalue weighted by Crippen LogP contribution is 2.65. The molecule has 0 N–H and O–H groups in total. The number of nitrogens with zero attached hydrogens (tertiary/aromatic N) is 4. The summed E-state index contributed by atoms with van der Waals surface area (Å²) in [7, 11) is 2.17. The molecule has 4 saturated carbocycles. The van der Waals surface area contributed by atoms with Crippen molar-refractivity contribution < 1.29 is 0 Å². The Morgan fingerprint density at radius 1 is 0.660 bits per heavy atom. The predicted octanol–water partition coefficient (Wildman–Crippen LogP) is 9.12. The molecule has 0 radical (unpaired) electrons. The maximum absolute atomic E-state index is 4.85. The van der Waals surface area contributed by atoms with Crippen molar-refractivity contribution in [3.05, 3.63) is 143 Å². The van der Waals surface area contributed by atoms with E-state index in [1.54, 1.807) is 5.56 Å². The van der Waals surface area contributed by atoms with Crippen LogP contribution in [-0.4, -0.2) is 26.1 Å². The molecule has 0 spiro atoms. The third-order valence-electron chi connectivity index (χ3n) is 12.8. The standard InChI is InChI=1S/C44H50N4P2/c1-42(2,34-13-7-5-8-14-34)37-24-33(29-50(40-45-17-11-18-46-40)41-47-19-12-20-48-41)36(25-38(37)43(3,4)35-15-9-6-10-16-35)44-26-30-21-31(27-44)23-32(22-30)39(44)28-49/h5-20,24-25,30-32,39H,21-23,26-29,49H2,1-4H3. The van der Waals surface area contributed by atoms with Gasteiger partial charge in [0.25, 0.3) is 0 Å². The molecule has 4 bridgehead atoms. The average Bonchev–Trinajstić information content (AvgIpc) is 3.14. The number of aromatic nitrogens is 4. The summed E-state index contributed by atoms with van der Waals surface area (Å²) in [6.07, 6.45) is 16.3. The summed E-state index contributed by atoms with van der Waals surface area (Å²) < 4.78 is 0. The van der Waals surface area contributed by atoms with E-state index >= 15 is 0 Å². The topological polar surface area (TPSA) is 51.6 Å². The van der Waals surface area contributed by atoms with E-state index in [0.717, 1.165) is 41.2 Å². The molecule has 2 aromatic heterocycles. The Balaban J connectivity index is 1.41. The Hall–Kier alpha value is -3.32. The van der Waals surface area contributed by atoms with Gasteiger partial charge in [0, 0.05) is 49.7 Å². The van der Waals surface area contributed by atoms with Gasteiger partial charge in [-0.2, -0.15) is 0 Å². The van der Waals surface area contributed by atoms with Gasteiger partial charge in [0.1, 0.15) is 0 Å². The van der Waals surface area contributed by atoms with Crippen LogP contribution in [0, 0.1) is 23.7 Å². The van der Waals surface area contributed by atoms with Crippen molar-refractivity contribution in [2.24, 2.45) is 23.7 Å². The van der Waals surface area contributed by atoms with Crippen molar-refractivity contribution in [1.29, 1.82) is 0 Å². The average molecular weight is 697 g/mol. The molecule has 256 valence electrons. The lowest BCUT2D eigenvalue weighted by Crippen LogP contribution is -2.56. The summed E-state index contributed by atoms with van der Waals surface area (Å²) in [6, 6.07) is 31.5. The molecule has 0 saturated heterocycles. The van der Waals surface area contributed by atoms with E-state index in [2.05, 4.69) is 110 Å². The van der Waals surface area contributed by atoms with Gasteiger partial charge >= 0.3 is 0 Å². The van der Waals surface area contributed by atoms with Gasteiger partial charge in [-0.15, -0.1) is 9.24 Å². The predicted molar refractivity (Wildman–Crippen MR) is 211 cm³/mol. The minimum Gasteiger partial charge on any atom is -0.237 e. The van der Waals surface area contributed by atoms with Gasteiger partial charge in [-0.1, -0.05) is 100 Å². The molecule has 4 fully saturated rings. The lowest BCUT2D eigenvalue weighted by atomic mass is 9.43. The molecule has 4 unspecified atom stereocenters. The molecule has 4 aliphatic rings. The smallest absolute Gasteiger partial charge is 0.158 e. The summed E-state index contributed by atoms with van der Waals surface area (Å²) >= 11 is 0. The second-order valence-electron chi connectivity index (χ2n) is 16.3. The third kappa shape index (κ3) is 5.85. The van der Waals surface area contributed by atoms with Crippen LogP contribution < -0.4 is 11.1 Å². The van der Waals surface area contributed by atoms with Crippen molar-refractivity contribution in [3.8, 4) is 0 Å². The van der Waals surface area contributed by atoms with Crippen LogP contribution in [0.1, 0.15) is 93.2 Å². The second-order valence-corrected chi connectivity index (χ2v) is 18.8. The maximum atomic E-state index is 4.85. The van der Waals surface area contributed by atoms with Gasteiger partial charge in [0.15, 0.2) is 11.1 Å². The van der Waals surface area contributed by atoms with Crippen molar-refractivity contribution in [2.75, 3.05) is 6.16 Å². The van der Waals surface area contributed by atoms with Gasteiger partial charge in [-0.05, 0) is 113 Å². The Morgan fingerprint density at radius 3 is 1.62 bits per heavy atom. The van der Waals surface area contributed by atoms with Gasteiger partial charge < -0.3 is 0 Å². The molecule has 6 heteroatoms. The molecule has 4 nitrogen and oxygen atoms in total. The van der Waals surface area contributed by atoms with Gasteiger partial charge in [0.2, 0.25) is 0 Å². The fraction of sp³-hybridized carbons (Fsp3) is 0.409. The Morgan fingerprint density at radius 2 is 1.14 bits per heavy atom. The SMILES string of the molecule is CC(C)(c1ccccc1)c1cc(CP(c2ncccn2)c2ncccn2)c(C23CC4CC(CC(C4)C2CP)C3)cc1C(C)(C)c1ccccc1. The van der Waals surface area contributed by atoms with Crippen LogP contribution in [0.3, 0.4) is 0 Å². The highest BCUT2D eigenvalue weighted by Gasteiger charge is 2.58. The summed E-state index contributed by atoms with van der Waals surface area (Å²) in [6.45, 7) is 9.73. The summed E-state index contributed by atoms with van der Waals surface area (Å²) in [5.74, 6) is 3.15. The zero-order chi connectivity index (χ0) is 34.5. The first-order valence-electron chi connectivity index (χ1n) is 18.5. The van der Waals surface area contributed by atoms with Crippen molar-refractivity contribution in [1.82, 2.24) is 19.9 Å². The second kappa shape index (κ2) is 13.3. The van der Waals surface area contributed by atoms with Crippen LogP contribution in [0.15, 0.2) is 110 Å². The van der Waals surface area contributed by atoms with E-state index in [9.17, 15) is 0 Å². The lowest BCUT2D eigenvalue weighted by Gasteiger charge is -2.62. The minimum atomic E-state index is -1.04. The van der Waals surface area contributed by atoms with Crippen LogP contribution in [0.2, 0.25) is 0 Å². The molecular weight excluding hydrogens is 646 g/mol. The molecular formula is C44H50N4P2. The molecule has 50 heavy (non-hydrogen) atoms. The highest BCUT2D eigenvalue weighted by atomic mass is 31.1. The van der Waals surface area contributed by atoms with Gasteiger partial charge in [0.05, 0.1) is 0 Å². The van der Waals surface area contributed by atoms with E-state index in [-0.39, 0.29) is 16.2 Å². The summed E-state index contributed by atoms with van der Waals surface area (Å²) in [4.78, 5) is 19.4. The molecule has 9 rings (SSSR count). The van der Waals surface area contributed by atoms with E-state index in [1.807, 2.05) is 36.9 Å². The quantitative estimate of drug-likeness (QED) is 0.137. The first-order chi connectivity index (χ1) is 24.2. The van der Waals surface area contributed by atoms with E-state index in [1.165, 1.54) is 59.9 Å². The van der Waals surface area contributed by atoms with Crippen LogP contribution >= 0.6 is 17.2 Å². The fourth-order valence-corrected chi connectivity index (χ4v) is 13.3. The first kappa shape index (κ1) is 33.8. The molecule has 0 aliphatic heterocycles. The highest BCUT2D eigenvalue weighted by molar-refractivity contribution is 7.71. The van der Waals surface area contributed by atoms with Crippen LogP contribution in [0.25, 0.3) is 0 Å². The molecule has 4 aliphatic carbocycles.